The van der Waals surface area contributed by atoms with Gasteiger partial charge in [0.1, 0.15) is 5.75 Å². The van der Waals surface area contributed by atoms with Gasteiger partial charge in [-0.25, -0.2) is 4.39 Å². The number of carbonyl (C=O) groups excluding carboxylic acids is 2. The van der Waals surface area contributed by atoms with Crippen molar-refractivity contribution in [2.45, 2.75) is 38.5 Å². The van der Waals surface area contributed by atoms with E-state index in [0.717, 1.165) is 51.7 Å². The molecule has 0 saturated carbocycles. The van der Waals surface area contributed by atoms with Gasteiger partial charge < -0.3 is 25.4 Å². The van der Waals surface area contributed by atoms with Crippen molar-refractivity contribution in [2.24, 2.45) is 5.92 Å². The van der Waals surface area contributed by atoms with E-state index in [1.807, 2.05) is 0 Å². The molecule has 1 fully saturated rings. The molecule has 1 aliphatic rings. The Labute approximate surface area is 217 Å². The van der Waals surface area contributed by atoms with Crippen LogP contribution in [0.15, 0.2) is 30.3 Å². The molecule has 0 aliphatic carbocycles. The molecule has 2 aromatic rings. The topological polar surface area (TPSA) is 93.9 Å². The van der Waals surface area contributed by atoms with Crippen LogP contribution in [0.4, 0.5) is 10.1 Å². The highest BCUT2D eigenvalue weighted by Gasteiger charge is 2.21. The number of ether oxygens (including phenoxy) is 2. The van der Waals surface area contributed by atoms with Gasteiger partial charge >= 0.3 is 0 Å². The summed E-state index contributed by atoms with van der Waals surface area (Å²) in [5.41, 5.74) is 6.93. The molecule has 0 atom stereocenters. The number of anilines is 1. The SMILES string of the molecule is COc1ccc(C(=O)CCCCCN2CCC(CNC(=O)c3cc(Cl)c(N)cc3OC)CC2)cc1F. The average Bonchev–Trinajstić information content (AvgIpc) is 2.88. The predicted octanol–water partition coefficient (Wildman–Crippen LogP) is 4.96. The molecule has 1 amide bonds. The summed E-state index contributed by atoms with van der Waals surface area (Å²) in [6.07, 6.45) is 5.20. The van der Waals surface area contributed by atoms with Gasteiger partial charge in [-0.2, -0.15) is 0 Å². The number of nitrogen functional groups attached to an aromatic ring is 1. The number of nitrogens with zero attached hydrogens (tertiary/aromatic N) is 1. The van der Waals surface area contributed by atoms with Crippen LogP contribution in [0.2, 0.25) is 5.02 Å². The molecule has 9 heteroatoms. The molecule has 7 nitrogen and oxygen atoms in total. The summed E-state index contributed by atoms with van der Waals surface area (Å²) in [5.74, 6) is 0.191. The van der Waals surface area contributed by atoms with E-state index in [1.165, 1.54) is 32.4 Å². The Morgan fingerprint density at radius 2 is 1.81 bits per heavy atom. The molecule has 36 heavy (non-hydrogen) atoms. The van der Waals surface area contributed by atoms with Crippen LogP contribution in [0.25, 0.3) is 0 Å². The number of hydrogen-bond donors (Lipinski definition) is 2. The predicted molar refractivity (Wildman–Crippen MR) is 140 cm³/mol. The molecule has 1 saturated heterocycles. The smallest absolute Gasteiger partial charge is 0.255 e. The monoisotopic (exact) mass is 519 g/mol. The van der Waals surface area contributed by atoms with E-state index in [4.69, 9.17) is 26.8 Å². The van der Waals surface area contributed by atoms with Gasteiger partial charge in [-0.3, -0.25) is 9.59 Å². The lowest BCUT2D eigenvalue weighted by atomic mass is 9.96. The van der Waals surface area contributed by atoms with Crippen LogP contribution in [0, 0.1) is 11.7 Å². The molecule has 196 valence electrons. The highest BCUT2D eigenvalue weighted by molar-refractivity contribution is 6.33. The molecule has 0 unspecified atom stereocenters. The first-order valence-corrected chi connectivity index (χ1v) is 12.7. The van der Waals surface area contributed by atoms with Crippen LogP contribution < -0.4 is 20.5 Å². The fourth-order valence-corrected chi connectivity index (χ4v) is 4.61. The quantitative estimate of drug-likeness (QED) is 0.234. The number of amides is 1. The standard InChI is InChI=1S/C27H35ClFN3O4/c1-35-25-8-7-19(14-22(25)29)24(33)6-4-3-5-11-32-12-9-18(10-13-32)17-31-27(34)20-15-21(28)23(30)16-26(20)36-2/h7-8,14-16,18H,3-6,9-13,17,30H2,1-2H3,(H,31,34). The van der Waals surface area contributed by atoms with Crippen molar-refractivity contribution in [1.82, 2.24) is 10.2 Å². The second-order valence-corrected chi connectivity index (χ2v) is 9.56. The van der Waals surface area contributed by atoms with E-state index in [1.54, 1.807) is 12.1 Å². The summed E-state index contributed by atoms with van der Waals surface area (Å²) >= 11 is 6.07. The van der Waals surface area contributed by atoms with Gasteiger partial charge in [0.25, 0.3) is 5.91 Å². The van der Waals surface area contributed by atoms with Crippen LogP contribution >= 0.6 is 11.6 Å². The molecular formula is C27H35ClFN3O4. The molecular weight excluding hydrogens is 485 g/mol. The minimum absolute atomic E-state index is 0.0433. The van der Waals surface area contributed by atoms with E-state index >= 15 is 0 Å². The maximum absolute atomic E-state index is 13.8. The fourth-order valence-electron chi connectivity index (χ4n) is 4.44. The maximum atomic E-state index is 13.8. The Morgan fingerprint density at radius 1 is 1.08 bits per heavy atom. The summed E-state index contributed by atoms with van der Waals surface area (Å²) in [4.78, 5) is 27.4. The number of unbranched alkanes of at least 4 members (excludes halogenated alkanes) is 2. The molecule has 0 spiro atoms. The Kier molecular flexibility index (Phi) is 10.4. The summed E-state index contributed by atoms with van der Waals surface area (Å²) in [5, 5.41) is 3.33. The lowest BCUT2D eigenvalue weighted by Crippen LogP contribution is -2.39. The number of hydrogen-bond acceptors (Lipinski definition) is 6. The molecule has 2 aromatic carbocycles. The van der Waals surface area contributed by atoms with Gasteiger partial charge in [0.2, 0.25) is 0 Å². The average molecular weight is 520 g/mol. The zero-order valence-corrected chi connectivity index (χ0v) is 21.7. The first-order chi connectivity index (χ1) is 17.3. The number of nitrogens with one attached hydrogen (secondary N) is 1. The van der Waals surface area contributed by atoms with Gasteiger partial charge in [0.05, 0.1) is 30.5 Å². The molecule has 0 bridgehead atoms. The molecule has 1 aliphatic heterocycles. The van der Waals surface area contributed by atoms with Crippen molar-refractivity contribution in [2.75, 3.05) is 46.1 Å². The van der Waals surface area contributed by atoms with Crippen LogP contribution in [-0.4, -0.2) is 57.0 Å². The Balaban J connectivity index is 1.31. The zero-order chi connectivity index (χ0) is 26.1. The Hall–Kier alpha value is -2.84. The van der Waals surface area contributed by atoms with Crippen molar-refractivity contribution in [3.05, 3.63) is 52.3 Å². The number of piperidine rings is 1. The fraction of sp³-hybridized carbons (Fsp3) is 0.481. The molecule has 0 radical (unpaired) electrons. The molecule has 0 aromatic heterocycles. The molecule has 1 heterocycles. The van der Waals surface area contributed by atoms with Crippen LogP contribution in [0.3, 0.4) is 0 Å². The summed E-state index contributed by atoms with van der Waals surface area (Å²) in [6.45, 7) is 3.57. The van der Waals surface area contributed by atoms with Crippen molar-refractivity contribution in [3.63, 3.8) is 0 Å². The van der Waals surface area contributed by atoms with E-state index in [9.17, 15) is 14.0 Å². The van der Waals surface area contributed by atoms with Gasteiger partial charge in [-0.15, -0.1) is 0 Å². The van der Waals surface area contributed by atoms with E-state index in [-0.39, 0.29) is 17.4 Å². The number of nitrogens with two attached hydrogens (primary N) is 1. The van der Waals surface area contributed by atoms with Gasteiger partial charge in [0.15, 0.2) is 17.3 Å². The Morgan fingerprint density at radius 3 is 2.47 bits per heavy atom. The number of benzene rings is 2. The first-order valence-electron chi connectivity index (χ1n) is 12.3. The number of rotatable bonds is 12. The van der Waals surface area contributed by atoms with Gasteiger partial charge in [0, 0.05) is 24.6 Å². The zero-order valence-electron chi connectivity index (χ0n) is 20.9. The van der Waals surface area contributed by atoms with Crippen molar-refractivity contribution >= 4 is 29.0 Å². The van der Waals surface area contributed by atoms with Gasteiger partial charge in [-0.05, 0) is 75.5 Å². The number of likely N-dealkylation sites (tertiary alicyclic amines) is 1. The minimum Gasteiger partial charge on any atom is -0.496 e. The van der Waals surface area contributed by atoms with Crippen LogP contribution in [0.1, 0.15) is 59.2 Å². The second-order valence-electron chi connectivity index (χ2n) is 9.15. The van der Waals surface area contributed by atoms with Gasteiger partial charge in [-0.1, -0.05) is 18.0 Å². The van der Waals surface area contributed by atoms with Crippen molar-refractivity contribution in [3.8, 4) is 11.5 Å². The number of carbonyl (C=O) groups is 2. The van der Waals surface area contributed by atoms with E-state index < -0.39 is 5.82 Å². The summed E-state index contributed by atoms with van der Waals surface area (Å²) in [7, 11) is 2.90. The highest BCUT2D eigenvalue weighted by Crippen LogP contribution is 2.29. The number of halogens is 2. The normalized spacial score (nSPS) is 14.4. The summed E-state index contributed by atoms with van der Waals surface area (Å²) in [6, 6.07) is 7.44. The van der Waals surface area contributed by atoms with E-state index in [0.29, 0.717) is 46.5 Å². The third-order valence-corrected chi connectivity index (χ3v) is 7.00. The molecule has 3 N–H and O–H groups in total. The second kappa shape index (κ2) is 13.5. The van der Waals surface area contributed by atoms with Crippen molar-refractivity contribution in [1.29, 1.82) is 0 Å². The third-order valence-electron chi connectivity index (χ3n) is 6.67. The highest BCUT2D eigenvalue weighted by atomic mass is 35.5. The minimum atomic E-state index is -0.513. The van der Waals surface area contributed by atoms with Crippen LogP contribution in [0.5, 0.6) is 11.5 Å². The Bertz CT molecular complexity index is 1060. The number of ketones is 1. The largest absolute Gasteiger partial charge is 0.496 e. The first kappa shape index (κ1) is 27.7. The third kappa shape index (κ3) is 7.58. The lowest BCUT2D eigenvalue weighted by Gasteiger charge is -2.32. The van der Waals surface area contributed by atoms with Crippen molar-refractivity contribution < 1.29 is 23.5 Å². The maximum Gasteiger partial charge on any atom is 0.255 e. The lowest BCUT2D eigenvalue weighted by molar-refractivity contribution is 0.0932. The molecule has 3 rings (SSSR count). The number of Topliss-reactive ketones (excluding diaryl/α,β-unsaturated/α-hetero) is 1. The summed E-state index contributed by atoms with van der Waals surface area (Å²) < 4.78 is 24.0. The van der Waals surface area contributed by atoms with E-state index in [2.05, 4.69) is 10.2 Å². The van der Waals surface area contributed by atoms with Crippen LogP contribution in [-0.2, 0) is 0 Å². The number of methoxy groups -OCH3 is 2.